The monoisotopic (exact) mass is 352 g/mol. The molecule has 0 radical (unpaired) electrons. The summed E-state index contributed by atoms with van der Waals surface area (Å²) in [4.78, 5) is 25.7. The Hall–Kier alpha value is -2.82. The molecular weight excluding hydrogens is 328 g/mol. The molecule has 5 nitrogen and oxygen atoms in total. The van der Waals surface area contributed by atoms with Gasteiger partial charge in [-0.25, -0.2) is 0 Å². The van der Waals surface area contributed by atoms with Gasteiger partial charge in [-0.3, -0.25) is 9.59 Å². The summed E-state index contributed by atoms with van der Waals surface area (Å²) in [5.74, 6) is 0.543. The SMILES string of the molecule is NC(=O)c1ccc(CN(C(=O)CCCOc2ccccc2)C2CC2)cc1. The fraction of sp³-hybridized carbons (Fsp3) is 0.333. The van der Waals surface area contributed by atoms with Crippen molar-refractivity contribution in [2.75, 3.05) is 6.61 Å². The highest BCUT2D eigenvalue weighted by Gasteiger charge is 2.32. The third kappa shape index (κ3) is 5.09. The highest BCUT2D eigenvalue weighted by Crippen LogP contribution is 2.29. The molecule has 0 atom stereocenters. The Morgan fingerprint density at radius 3 is 2.35 bits per heavy atom. The van der Waals surface area contributed by atoms with E-state index in [1.807, 2.05) is 47.4 Å². The van der Waals surface area contributed by atoms with Crippen LogP contribution in [0.5, 0.6) is 5.75 Å². The van der Waals surface area contributed by atoms with Crippen LogP contribution in [-0.2, 0) is 11.3 Å². The van der Waals surface area contributed by atoms with Gasteiger partial charge in [0.1, 0.15) is 5.75 Å². The number of benzene rings is 2. The van der Waals surface area contributed by atoms with E-state index in [4.69, 9.17) is 10.5 Å². The Kier molecular flexibility index (Phi) is 5.89. The van der Waals surface area contributed by atoms with Gasteiger partial charge in [-0.05, 0) is 49.1 Å². The molecule has 0 bridgehead atoms. The van der Waals surface area contributed by atoms with E-state index in [0.29, 0.717) is 37.6 Å². The largest absolute Gasteiger partial charge is 0.494 e. The van der Waals surface area contributed by atoms with Crippen molar-refractivity contribution in [1.82, 2.24) is 4.90 Å². The molecule has 1 saturated carbocycles. The van der Waals surface area contributed by atoms with E-state index in [2.05, 4.69) is 0 Å². The Labute approximate surface area is 153 Å². The molecule has 2 N–H and O–H groups in total. The van der Waals surface area contributed by atoms with Gasteiger partial charge >= 0.3 is 0 Å². The Morgan fingerprint density at radius 2 is 1.73 bits per heavy atom. The average molecular weight is 352 g/mol. The number of hydrogen-bond acceptors (Lipinski definition) is 3. The molecule has 2 aromatic carbocycles. The quantitative estimate of drug-likeness (QED) is 0.705. The van der Waals surface area contributed by atoms with Crippen LogP contribution in [0.1, 0.15) is 41.6 Å². The number of rotatable bonds is 9. The summed E-state index contributed by atoms with van der Waals surface area (Å²) in [7, 11) is 0. The fourth-order valence-electron chi connectivity index (χ4n) is 2.85. The molecule has 5 heteroatoms. The Balaban J connectivity index is 1.49. The lowest BCUT2D eigenvalue weighted by Gasteiger charge is -2.23. The third-order valence-corrected chi connectivity index (χ3v) is 4.45. The maximum absolute atomic E-state index is 12.6. The lowest BCUT2D eigenvalue weighted by Crippen LogP contribution is -2.32. The molecule has 1 fully saturated rings. The molecule has 0 aromatic heterocycles. The minimum Gasteiger partial charge on any atom is -0.494 e. The summed E-state index contributed by atoms with van der Waals surface area (Å²) in [5.41, 5.74) is 6.76. The molecule has 26 heavy (non-hydrogen) atoms. The van der Waals surface area contributed by atoms with Crippen LogP contribution in [0.4, 0.5) is 0 Å². The Morgan fingerprint density at radius 1 is 1.04 bits per heavy atom. The van der Waals surface area contributed by atoms with Crippen LogP contribution in [-0.4, -0.2) is 29.4 Å². The number of ether oxygens (including phenoxy) is 1. The van der Waals surface area contributed by atoms with Crippen molar-refractivity contribution >= 4 is 11.8 Å². The van der Waals surface area contributed by atoms with E-state index in [-0.39, 0.29) is 5.91 Å². The maximum atomic E-state index is 12.6. The molecule has 0 saturated heterocycles. The van der Waals surface area contributed by atoms with Gasteiger partial charge in [0.2, 0.25) is 11.8 Å². The summed E-state index contributed by atoms with van der Waals surface area (Å²) >= 11 is 0. The first-order chi connectivity index (χ1) is 12.6. The van der Waals surface area contributed by atoms with Crippen molar-refractivity contribution in [2.24, 2.45) is 5.73 Å². The second-order valence-corrected chi connectivity index (χ2v) is 6.58. The zero-order valence-electron chi connectivity index (χ0n) is 14.8. The van der Waals surface area contributed by atoms with E-state index >= 15 is 0 Å². The molecular formula is C21H24N2O3. The zero-order valence-corrected chi connectivity index (χ0v) is 14.8. The van der Waals surface area contributed by atoms with Gasteiger partial charge in [-0.15, -0.1) is 0 Å². The van der Waals surface area contributed by atoms with Crippen LogP contribution in [0.3, 0.4) is 0 Å². The number of nitrogens with zero attached hydrogens (tertiary/aromatic N) is 1. The van der Waals surface area contributed by atoms with Crippen LogP contribution >= 0.6 is 0 Å². The third-order valence-electron chi connectivity index (χ3n) is 4.45. The smallest absolute Gasteiger partial charge is 0.248 e. The molecule has 136 valence electrons. The van der Waals surface area contributed by atoms with Gasteiger partial charge in [0, 0.05) is 24.6 Å². The molecule has 2 amide bonds. The van der Waals surface area contributed by atoms with Gasteiger partial charge in [-0.1, -0.05) is 30.3 Å². The molecule has 0 heterocycles. The summed E-state index contributed by atoms with van der Waals surface area (Å²) in [6, 6.07) is 17.1. The van der Waals surface area contributed by atoms with Crippen LogP contribution in [0.15, 0.2) is 54.6 Å². The van der Waals surface area contributed by atoms with Gasteiger partial charge in [0.25, 0.3) is 0 Å². The standard InChI is InChI=1S/C21H24N2O3/c22-21(25)17-10-8-16(9-11-17)15-23(18-12-13-18)20(24)7-4-14-26-19-5-2-1-3-6-19/h1-3,5-6,8-11,18H,4,7,12-15H2,(H2,22,25). The maximum Gasteiger partial charge on any atom is 0.248 e. The van der Waals surface area contributed by atoms with E-state index in [1.54, 1.807) is 12.1 Å². The molecule has 0 unspecified atom stereocenters. The first-order valence-corrected chi connectivity index (χ1v) is 8.99. The predicted octanol–water partition coefficient (Wildman–Crippen LogP) is 3.14. The molecule has 0 aliphatic heterocycles. The van der Waals surface area contributed by atoms with Crippen molar-refractivity contribution < 1.29 is 14.3 Å². The van der Waals surface area contributed by atoms with Crippen LogP contribution in [0.25, 0.3) is 0 Å². The fourth-order valence-corrected chi connectivity index (χ4v) is 2.85. The van der Waals surface area contributed by atoms with E-state index in [1.165, 1.54) is 0 Å². The normalized spacial score (nSPS) is 13.2. The topological polar surface area (TPSA) is 72.6 Å². The van der Waals surface area contributed by atoms with Crippen molar-refractivity contribution in [3.63, 3.8) is 0 Å². The highest BCUT2D eigenvalue weighted by molar-refractivity contribution is 5.92. The van der Waals surface area contributed by atoms with E-state index in [9.17, 15) is 9.59 Å². The summed E-state index contributed by atoms with van der Waals surface area (Å²) in [6.45, 7) is 1.10. The summed E-state index contributed by atoms with van der Waals surface area (Å²) in [6.07, 6.45) is 3.29. The average Bonchev–Trinajstić information content (AvgIpc) is 3.49. The van der Waals surface area contributed by atoms with Gasteiger partial charge < -0.3 is 15.4 Å². The van der Waals surface area contributed by atoms with E-state index in [0.717, 1.165) is 24.2 Å². The minimum atomic E-state index is -0.440. The first-order valence-electron chi connectivity index (χ1n) is 8.99. The second kappa shape index (κ2) is 8.52. The molecule has 0 spiro atoms. The molecule has 3 rings (SSSR count). The van der Waals surface area contributed by atoms with Gasteiger partial charge in [0.05, 0.1) is 6.61 Å². The molecule has 2 aromatic rings. The first kappa shape index (κ1) is 18.0. The predicted molar refractivity (Wildman–Crippen MR) is 99.7 cm³/mol. The number of carbonyl (C=O) groups is 2. The number of para-hydroxylation sites is 1. The number of hydrogen-bond donors (Lipinski definition) is 1. The number of carbonyl (C=O) groups excluding carboxylic acids is 2. The lowest BCUT2D eigenvalue weighted by molar-refractivity contribution is -0.132. The summed E-state index contributed by atoms with van der Waals surface area (Å²) < 4.78 is 5.65. The second-order valence-electron chi connectivity index (χ2n) is 6.58. The molecule has 1 aliphatic rings. The van der Waals surface area contributed by atoms with Crippen molar-refractivity contribution in [3.8, 4) is 5.75 Å². The Bertz CT molecular complexity index is 740. The van der Waals surface area contributed by atoms with Crippen LogP contribution < -0.4 is 10.5 Å². The van der Waals surface area contributed by atoms with E-state index < -0.39 is 5.91 Å². The van der Waals surface area contributed by atoms with Crippen molar-refractivity contribution in [2.45, 2.75) is 38.3 Å². The van der Waals surface area contributed by atoms with Crippen LogP contribution in [0.2, 0.25) is 0 Å². The highest BCUT2D eigenvalue weighted by atomic mass is 16.5. The lowest BCUT2D eigenvalue weighted by atomic mass is 10.1. The zero-order chi connectivity index (χ0) is 18.4. The van der Waals surface area contributed by atoms with Crippen molar-refractivity contribution in [3.05, 3.63) is 65.7 Å². The van der Waals surface area contributed by atoms with Gasteiger partial charge in [-0.2, -0.15) is 0 Å². The molecule has 1 aliphatic carbocycles. The van der Waals surface area contributed by atoms with Crippen LogP contribution in [0, 0.1) is 0 Å². The number of nitrogens with two attached hydrogens (primary N) is 1. The minimum absolute atomic E-state index is 0.156. The summed E-state index contributed by atoms with van der Waals surface area (Å²) in [5, 5.41) is 0. The number of amides is 2. The van der Waals surface area contributed by atoms with Gasteiger partial charge in [0.15, 0.2) is 0 Å². The number of primary amides is 1. The van der Waals surface area contributed by atoms with Crippen molar-refractivity contribution in [1.29, 1.82) is 0 Å².